The van der Waals surface area contributed by atoms with Gasteiger partial charge in [-0.1, -0.05) is 0 Å². The van der Waals surface area contributed by atoms with Gasteiger partial charge in [-0.2, -0.15) is 0 Å². The van der Waals surface area contributed by atoms with Crippen molar-refractivity contribution < 1.29 is 4.74 Å². The molecule has 0 amide bonds. The summed E-state index contributed by atoms with van der Waals surface area (Å²) in [6.45, 7) is 0.922. The molecule has 3 aliphatic rings. The Kier molecular flexibility index (Phi) is 1.24. The van der Waals surface area contributed by atoms with Crippen LogP contribution in [0.4, 0.5) is 0 Å². The van der Waals surface area contributed by atoms with Crippen LogP contribution in [0, 0.1) is 5.92 Å². The predicted molar refractivity (Wildman–Crippen MR) is 35.1 cm³/mol. The molecule has 2 N–H and O–H groups in total. The van der Waals surface area contributed by atoms with Crippen molar-refractivity contribution >= 4 is 0 Å². The number of rotatable bonds is 0. The zero-order valence-corrected chi connectivity index (χ0v) is 5.55. The van der Waals surface area contributed by atoms with Crippen molar-refractivity contribution in [1.82, 2.24) is 0 Å². The molecule has 1 aliphatic carbocycles. The van der Waals surface area contributed by atoms with Gasteiger partial charge in [0.15, 0.2) is 0 Å². The lowest BCUT2D eigenvalue weighted by molar-refractivity contribution is -0.0715. The van der Waals surface area contributed by atoms with Gasteiger partial charge in [0.25, 0.3) is 0 Å². The first-order valence-corrected chi connectivity index (χ1v) is 3.73. The van der Waals surface area contributed by atoms with Gasteiger partial charge in [0.2, 0.25) is 0 Å². The number of hydrogen-bond donors (Lipinski definition) is 1. The predicted octanol–water partition coefficient (Wildman–Crippen LogP) is 0.513. The van der Waals surface area contributed by atoms with Crippen LogP contribution in [0.25, 0.3) is 0 Å². The zero-order chi connectivity index (χ0) is 6.27. The molecule has 2 heterocycles. The highest BCUT2D eigenvalue weighted by Gasteiger charge is 2.33. The monoisotopic (exact) mass is 127 g/mol. The lowest BCUT2D eigenvalue weighted by atomic mass is 9.81. The maximum absolute atomic E-state index is 5.84. The molecule has 1 saturated carbocycles. The highest BCUT2D eigenvalue weighted by molar-refractivity contribution is 4.87. The molecule has 3 atom stereocenters. The van der Waals surface area contributed by atoms with Gasteiger partial charge in [0.05, 0.1) is 12.7 Å². The second kappa shape index (κ2) is 1.96. The molecule has 3 rings (SSSR count). The average molecular weight is 127 g/mol. The van der Waals surface area contributed by atoms with E-state index in [0.717, 1.165) is 13.0 Å². The summed E-state index contributed by atoms with van der Waals surface area (Å²) in [5.41, 5.74) is 5.84. The van der Waals surface area contributed by atoms with Crippen molar-refractivity contribution in [3.05, 3.63) is 0 Å². The summed E-state index contributed by atoms with van der Waals surface area (Å²) in [6, 6.07) is 0.442. The minimum absolute atomic E-state index is 0.442. The molecule has 2 aliphatic heterocycles. The van der Waals surface area contributed by atoms with Gasteiger partial charge in [-0.3, -0.25) is 0 Å². The van der Waals surface area contributed by atoms with Crippen LogP contribution in [0.15, 0.2) is 0 Å². The molecule has 0 aromatic rings. The van der Waals surface area contributed by atoms with Gasteiger partial charge in [-0.15, -0.1) is 0 Å². The minimum atomic E-state index is 0.442. The van der Waals surface area contributed by atoms with E-state index in [-0.39, 0.29) is 0 Å². The average Bonchev–Trinajstić information content (AvgIpc) is 1.90. The highest BCUT2D eigenvalue weighted by Crippen LogP contribution is 2.31. The molecular formula is C7H13NO. The van der Waals surface area contributed by atoms with Crippen LogP contribution in [0.3, 0.4) is 0 Å². The lowest BCUT2D eigenvalue weighted by Crippen LogP contribution is -2.47. The SMILES string of the molecule is NC1CC2CCC1CO2. The topological polar surface area (TPSA) is 35.2 Å². The largest absolute Gasteiger partial charge is 0.378 e. The van der Waals surface area contributed by atoms with Crippen molar-refractivity contribution in [2.45, 2.75) is 31.4 Å². The molecule has 3 fully saturated rings. The molecule has 0 aromatic carbocycles. The van der Waals surface area contributed by atoms with Crippen LogP contribution in [0.5, 0.6) is 0 Å². The minimum Gasteiger partial charge on any atom is -0.378 e. The number of ether oxygens (including phenoxy) is 1. The fraction of sp³-hybridized carbons (Fsp3) is 1.00. The van der Waals surface area contributed by atoms with Gasteiger partial charge in [0, 0.05) is 6.04 Å². The maximum atomic E-state index is 5.84. The molecule has 0 radical (unpaired) electrons. The second-order valence-corrected chi connectivity index (χ2v) is 3.19. The van der Waals surface area contributed by atoms with Gasteiger partial charge >= 0.3 is 0 Å². The van der Waals surface area contributed by atoms with E-state index < -0.39 is 0 Å². The lowest BCUT2D eigenvalue weighted by Gasteiger charge is -2.40. The van der Waals surface area contributed by atoms with E-state index in [0.29, 0.717) is 18.1 Å². The van der Waals surface area contributed by atoms with Crippen LogP contribution < -0.4 is 5.73 Å². The second-order valence-electron chi connectivity index (χ2n) is 3.19. The van der Waals surface area contributed by atoms with Crippen LogP contribution in [0.1, 0.15) is 19.3 Å². The third-order valence-electron chi connectivity index (χ3n) is 2.55. The van der Waals surface area contributed by atoms with Crippen molar-refractivity contribution in [3.8, 4) is 0 Å². The Labute approximate surface area is 55.4 Å². The van der Waals surface area contributed by atoms with Crippen molar-refractivity contribution in [3.63, 3.8) is 0 Å². The van der Waals surface area contributed by atoms with Gasteiger partial charge in [-0.05, 0) is 25.2 Å². The first-order chi connectivity index (χ1) is 4.36. The summed E-state index contributed by atoms with van der Waals surface area (Å²) >= 11 is 0. The number of nitrogens with two attached hydrogens (primary N) is 1. The first kappa shape index (κ1) is 5.69. The van der Waals surface area contributed by atoms with E-state index in [1.807, 2.05) is 0 Å². The van der Waals surface area contributed by atoms with E-state index in [9.17, 15) is 0 Å². The Morgan fingerprint density at radius 2 is 2.22 bits per heavy atom. The van der Waals surface area contributed by atoms with E-state index in [4.69, 9.17) is 10.5 Å². The molecule has 0 spiro atoms. The van der Waals surface area contributed by atoms with E-state index in [1.165, 1.54) is 12.8 Å². The third kappa shape index (κ3) is 0.864. The fourth-order valence-electron chi connectivity index (χ4n) is 1.85. The fourth-order valence-corrected chi connectivity index (χ4v) is 1.85. The molecule has 2 heteroatoms. The summed E-state index contributed by atoms with van der Waals surface area (Å²) in [5, 5.41) is 0. The van der Waals surface area contributed by atoms with Crippen LogP contribution in [-0.2, 0) is 4.74 Å². The van der Waals surface area contributed by atoms with Gasteiger partial charge < -0.3 is 10.5 Å². The van der Waals surface area contributed by atoms with Crippen molar-refractivity contribution in [1.29, 1.82) is 0 Å². The Bertz CT molecular complexity index is 107. The summed E-state index contributed by atoms with van der Waals surface area (Å²) in [4.78, 5) is 0. The van der Waals surface area contributed by atoms with Crippen LogP contribution >= 0.6 is 0 Å². The van der Waals surface area contributed by atoms with Gasteiger partial charge in [0.1, 0.15) is 0 Å². The summed E-state index contributed by atoms with van der Waals surface area (Å²) < 4.78 is 5.47. The maximum Gasteiger partial charge on any atom is 0.0590 e. The molecular weight excluding hydrogens is 114 g/mol. The van der Waals surface area contributed by atoms with Crippen LogP contribution in [0.2, 0.25) is 0 Å². The third-order valence-corrected chi connectivity index (χ3v) is 2.55. The first-order valence-electron chi connectivity index (χ1n) is 3.73. The standard InChI is InChI=1S/C7H13NO/c8-7-3-6-2-1-5(7)4-9-6/h5-7H,1-4,8H2. The molecule has 9 heavy (non-hydrogen) atoms. The van der Waals surface area contributed by atoms with Crippen molar-refractivity contribution in [2.75, 3.05) is 6.61 Å². The normalized spacial score (nSPS) is 49.7. The van der Waals surface area contributed by atoms with E-state index in [2.05, 4.69) is 0 Å². The van der Waals surface area contributed by atoms with Crippen LogP contribution in [-0.4, -0.2) is 18.8 Å². The van der Waals surface area contributed by atoms with Crippen molar-refractivity contribution in [2.24, 2.45) is 11.7 Å². The molecule has 2 saturated heterocycles. The number of fused-ring (bicyclic) bond motifs is 3. The smallest absolute Gasteiger partial charge is 0.0590 e. The summed E-state index contributed by atoms with van der Waals surface area (Å²) in [5.74, 6) is 0.676. The molecule has 2 nitrogen and oxygen atoms in total. The van der Waals surface area contributed by atoms with E-state index in [1.54, 1.807) is 0 Å². The Morgan fingerprint density at radius 1 is 1.33 bits per heavy atom. The Hall–Kier alpha value is -0.0800. The van der Waals surface area contributed by atoms with E-state index >= 15 is 0 Å². The Balaban J connectivity index is 2.06. The molecule has 3 unspecified atom stereocenters. The Morgan fingerprint density at radius 3 is 2.44 bits per heavy atom. The number of hydrogen-bond acceptors (Lipinski definition) is 2. The van der Waals surface area contributed by atoms with Gasteiger partial charge in [-0.25, -0.2) is 0 Å². The quantitative estimate of drug-likeness (QED) is 0.514. The zero-order valence-electron chi connectivity index (χ0n) is 5.55. The molecule has 2 bridgehead atoms. The molecule has 52 valence electrons. The highest BCUT2D eigenvalue weighted by atomic mass is 16.5. The summed E-state index contributed by atoms with van der Waals surface area (Å²) in [6.07, 6.45) is 4.15. The molecule has 0 aromatic heterocycles. The summed E-state index contributed by atoms with van der Waals surface area (Å²) in [7, 11) is 0.